The van der Waals surface area contributed by atoms with Gasteiger partial charge in [0.15, 0.2) is 0 Å². The van der Waals surface area contributed by atoms with E-state index in [0.717, 1.165) is 6.42 Å². The van der Waals surface area contributed by atoms with Crippen LogP contribution in [-0.2, 0) is 15.4 Å². The maximum absolute atomic E-state index is 12.5. The second-order valence-electron chi connectivity index (χ2n) is 7.29. The molecule has 1 aromatic carbocycles. The van der Waals surface area contributed by atoms with Crippen molar-refractivity contribution < 1.29 is 13.2 Å². The summed E-state index contributed by atoms with van der Waals surface area (Å²) in [5.41, 5.74) is 1.05. The molecule has 25 heavy (non-hydrogen) atoms. The van der Waals surface area contributed by atoms with Crippen LogP contribution < -0.4 is 0 Å². The van der Waals surface area contributed by atoms with Crippen LogP contribution in [0.2, 0.25) is 0 Å². The number of urea groups is 1. The van der Waals surface area contributed by atoms with Gasteiger partial charge in [0.2, 0.25) is 10.0 Å². The Morgan fingerprint density at radius 1 is 1.24 bits per heavy atom. The zero-order valence-corrected chi connectivity index (χ0v) is 16.0. The van der Waals surface area contributed by atoms with Crippen LogP contribution >= 0.6 is 0 Å². The third kappa shape index (κ3) is 3.15. The van der Waals surface area contributed by atoms with Crippen molar-refractivity contribution in [2.75, 3.05) is 46.0 Å². The highest BCUT2D eigenvalue weighted by molar-refractivity contribution is 7.89. The molecule has 0 bridgehead atoms. The van der Waals surface area contributed by atoms with Gasteiger partial charge in [0.05, 0.1) is 5.75 Å². The van der Waals surface area contributed by atoms with E-state index in [4.69, 9.17) is 0 Å². The first-order valence-electron chi connectivity index (χ1n) is 8.80. The molecule has 0 N–H and O–H groups in total. The number of hydrogen-bond donors (Lipinski definition) is 0. The molecule has 3 rings (SSSR count). The van der Waals surface area contributed by atoms with E-state index in [2.05, 4.69) is 12.1 Å². The third-order valence-electron chi connectivity index (χ3n) is 5.69. The number of carbonyl (C=O) groups excluding carboxylic acids is 1. The second-order valence-corrected chi connectivity index (χ2v) is 9.54. The molecule has 0 aliphatic carbocycles. The van der Waals surface area contributed by atoms with E-state index < -0.39 is 10.0 Å². The van der Waals surface area contributed by atoms with E-state index in [1.165, 1.54) is 5.56 Å². The molecule has 2 amide bonds. The Morgan fingerprint density at radius 3 is 2.52 bits per heavy atom. The van der Waals surface area contributed by atoms with Gasteiger partial charge in [-0.1, -0.05) is 30.3 Å². The van der Waals surface area contributed by atoms with Crippen LogP contribution in [-0.4, -0.2) is 74.6 Å². The van der Waals surface area contributed by atoms with E-state index in [9.17, 15) is 13.2 Å². The van der Waals surface area contributed by atoms with E-state index in [1.807, 2.05) is 23.1 Å². The van der Waals surface area contributed by atoms with Crippen molar-refractivity contribution in [3.8, 4) is 0 Å². The van der Waals surface area contributed by atoms with Gasteiger partial charge in [0.25, 0.3) is 0 Å². The largest absolute Gasteiger partial charge is 0.331 e. The lowest BCUT2D eigenvalue weighted by Crippen LogP contribution is -2.51. The van der Waals surface area contributed by atoms with Crippen molar-refractivity contribution in [3.63, 3.8) is 0 Å². The summed E-state index contributed by atoms with van der Waals surface area (Å²) in [6, 6.07) is 10.2. The quantitative estimate of drug-likeness (QED) is 0.817. The van der Waals surface area contributed by atoms with Crippen LogP contribution in [0.5, 0.6) is 0 Å². The number of nitrogens with zero attached hydrogens (tertiary/aromatic N) is 3. The smallest absolute Gasteiger partial charge is 0.319 e. The van der Waals surface area contributed by atoms with Crippen LogP contribution in [0.25, 0.3) is 0 Å². The minimum atomic E-state index is -3.20. The minimum Gasteiger partial charge on any atom is -0.331 e. The third-order valence-corrected chi connectivity index (χ3v) is 7.53. The minimum absolute atomic E-state index is 0.00500. The summed E-state index contributed by atoms with van der Waals surface area (Å²) in [4.78, 5) is 16.0. The van der Waals surface area contributed by atoms with Gasteiger partial charge in [-0.2, -0.15) is 0 Å². The Balaban J connectivity index is 1.95. The summed E-state index contributed by atoms with van der Waals surface area (Å²) in [7, 11) is 0.311. The number of rotatable bonds is 3. The molecular weight excluding hydrogens is 338 g/mol. The van der Waals surface area contributed by atoms with Gasteiger partial charge in [-0.25, -0.2) is 17.5 Å². The SMILES string of the molecule is CCS(=O)(=O)N1CC[C@@]2(c3ccccc3)CN(C(=O)N(C)C)C[C@H]2C1. The number of sulfonamides is 1. The Labute approximate surface area is 150 Å². The molecule has 0 aromatic heterocycles. The number of likely N-dealkylation sites (tertiary alicyclic amines) is 1. The van der Waals surface area contributed by atoms with Gasteiger partial charge in [0, 0.05) is 51.6 Å². The molecule has 2 aliphatic heterocycles. The van der Waals surface area contributed by atoms with Crippen molar-refractivity contribution in [2.45, 2.75) is 18.8 Å². The summed E-state index contributed by atoms with van der Waals surface area (Å²) in [6.45, 7) is 3.94. The normalized spacial score (nSPS) is 27.2. The molecule has 2 heterocycles. The predicted molar refractivity (Wildman–Crippen MR) is 97.9 cm³/mol. The number of fused-ring (bicyclic) bond motifs is 1. The lowest BCUT2D eigenvalue weighted by Gasteiger charge is -2.43. The van der Waals surface area contributed by atoms with Gasteiger partial charge in [-0.05, 0) is 18.9 Å². The fourth-order valence-corrected chi connectivity index (χ4v) is 5.40. The van der Waals surface area contributed by atoms with E-state index >= 15 is 0 Å². The first-order chi connectivity index (χ1) is 11.8. The Morgan fingerprint density at radius 2 is 1.92 bits per heavy atom. The van der Waals surface area contributed by atoms with E-state index in [1.54, 1.807) is 30.2 Å². The number of carbonyl (C=O) groups is 1. The maximum atomic E-state index is 12.5. The average Bonchev–Trinajstić information content (AvgIpc) is 3.01. The molecule has 138 valence electrons. The predicted octanol–water partition coefficient (Wildman–Crippen LogP) is 1.59. The van der Waals surface area contributed by atoms with Crippen molar-refractivity contribution in [1.82, 2.24) is 14.1 Å². The van der Waals surface area contributed by atoms with Gasteiger partial charge in [0.1, 0.15) is 0 Å². The lowest BCUT2D eigenvalue weighted by atomic mass is 9.68. The van der Waals surface area contributed by atoms with Gasteiger partial charge < -0.3 is 9.80 Å². The van der Waals surface area contributed by atoms with Gasteiger partial charge >= 0.3 is 6.03 Å². The highest BCUT2D eigenvalue weighted by atomic mass is 32.2. The molecule has 2 aliphatic rings. The van der Waals surface area contributed by atoms with E-state index in [0.29, 0.717) is 26.2 Å². The number of piperidine rings is 1. The fraction of sp³-hybridized carbons (Fsp3) is 0.611. The highest BCUT2D eigenvalue weighted by Crippen LogP contribution is 2.45. The van der Waals surface area contributed by atoms with Crippen LogP contribution in [0.4, 0.5) is 4.79 Å². The molecule has 6 nitrogen and oxygen atoms in total. The molecular formula is C18H27N3O3S. The Kier molecular flexibility index (Phi) is 4.81. The number of benzene rings is 1. The molecule has 0 radical (unpaired) electrons. The topological polar surface area (TPSA) is 60.9 Å². The summed E-state index contributed by atoms with van der Waals surface area (Å²) in [5, 5.41) is 0. The lowest BCUT2D eigenvalue weighted by molar-refractivity contribution is 0.177. The average molecular weight is 365 g/mol. The molecule has 0 unspecified atom stereocenters. The summed E-state index contributed by atoms with van der Waals surface area (Å²) >= 11 is 0. The van der Waals surface area contributed by atoms with Crippen molar-refractivity contribution >= 4 is 16.1 Å². The van der Waals surface area contributed by atoms with Gasteiger partial charge in [-0.3, -0.25) is 0 Å². The van der Waals surface area contributed by atoms with Crippen molar-refractivity contribution in [3.05, 3.63) is 35.9 Å². The fourth-order valence-electron chi connectivity index (χ4n) is 4.26. The summed E-state index contributed by atoms with van der Waals surface area (Å²) in [5.74, 6) is 0.243. The number of amides is 2. The van der Waals surface area contributed by atoms with Crippen molar-refractivity contribution in [1.29, 1.82) is 0 Å². The molecule has 0 spiro atoms. The number of hydrogen-bond acceptors (Lipinski definition) is 3. The zero-order valence-electron chi connectivity index (χ0n) is 15.2. The first-order valence-corrected chi connectivity index (χ1v) is 10.4. The molecule has 1 aromatic rings. The van der Waals surface area contributed by atoms with Crippen molar-refractivity contribution in [2.24, 2.45) is 5.92 Å². The van der Waals surface area contributed by atoms with Crippen LogP contribution in [0.15, 0.2) is 30.3 Å². The zero-order chi connectivity index (χ0) is 18.2. The first kappa shape index (κ1) is 18.2. The van der Waals surface area contributed by atoms with Crippen LogP contribution in [0.3, 0.4) is 0 Å². The molecule has 7 heteroatoms. The molecule has 2 atom stereocenters. The standard InChI is InChI=1S/C18H27N3O3S/c1-4-25(23,24)21-11-10-18(15-8-6-5-7-9-15)14-20(12-16(18)13-21)17(22)19(2)3/h5-9,16H,4,10-14H2,1-3H3/t16-,18-/m0/s1. The van der Waals surface area contributed by atoms with E-state index in [-0.39, 0.29) is 23.1 Å². The summed E-state index contributed by atoms with van der Waals surface area (Å²) in [6.07, 6.45) is 0.748. The Bertz CT molecular complexity index is 735. The second kappa shape index (κ2) is 6.61. The van der Waals surface area contributed by atoms with Crippen LogP contribution in [0, 0.1) is 5.92 Å². The maximum Gasteiger partial charge on any atom is 0.319 e. The van der Waals surface area contributed by atoms with Crippen LogP contribution in [0.1, 0.15) is 18.9 Å². The highest BCUT2D eigenvalue weighted by Gasteiger charge is 2.53. The molecule has 2 fully saturated rings. The van der Waals surface area contributed by atoms with Gasteiger partial charge in [-0.15, -0.1) is 0 Å². The molecule has 0 saturated carbocycles. The Hall–Kier alpha value is -1.60. The summed E-state index contributed by atoms with van der Waals surface area (Å²) < 4.78 is 26.3. The molecule has 2 saturated heterocycles. The monoisotopic (exact) mass is 365 g/mol.